The Labute approximate surface area is 154 Å². The summed E-state index contributed by atoms with van der Waals surface area (Å²) in [5.41, 5.74) is 1.02. The predicted octanol–water partition coefficient (Wildman–Crippen LogP) is 2.15. The number of amides is 2. The summed E-state index contributed by atoms with van der Waals surface area (Å²) in [5, 5.41) is 0. The maximum atomic E-state index is 12.9. The van der Waals surface area contributed by atoms with Gasteiger partial charge in [-0.05, 0) is 30.7 Å². The fourth-order valence-corrected chi connectivity index (χ4v) is 2.69. The van der Waals surface area contributed by atoms with Gasteiger partial charge in [0, 0.05) is 39.1 Å². The Morgan fingerprint density at radius 2 is 2.00 bits per heavy atom. The number of furan rings is 1. The molecule has 2 aromatic rings. The smallest absolute Gasteiger partial charge is 0.290 e. The molecule has 0 saturated carbocycles. The third-order valence-electron chi connectivity index (χ3n) is 4.16. The number of hydrogen-bond acceptors (Lipinski definition) is 4. The van der Waals surface area contributed by atoms with E-state index < -0.39 is 0 Å². The van der Waals surface area contributed by atoms with E-state index in [1.54, 1.807) is 24.1 Å². The van der Waals surface area contributed by atoms with Crippen LogP contribution in [0.1, 0.15) is 29.6 Å². The summed E-state index contributed by atoms with van der Waals surface area (Å²) < 4.78 is 12.3. The SMILES string of the molecule is CCCN(CC(=O)N(CCOC)Cc1cccn1C)C(=O)c1ccco1. The minimum atomic E-state index is -0.268. The normalized spacial score (nSPS) is 10.7. The number of carbonyl (C=O) groups excluding carboxylic acids is 2. The zero-order valence-corrected chi connectivity index (χ0v) is 15.7. The first-order valence-corrected chi connectivity index (χ1v) is 8.76. The third kappa shape index (κ3) is 5.23. The number of nitrogens with zero attached hydrogens (tertiary/aromatic N) is 3. The number of methoxy groups -OCH3 is 1. The number of carbonyl (C=O) groups is 2. The van der Waals surface area contributed by atoms with Crippen LogP contribution in [0.4, 0.5) is 0 Å². The van der Waals surface area contributed by atoms with Crippen molar-refractivity contribution in [2.75, 3.05) is 33.4 Å². The molecule has 7 heteroatoms. The lowest BCUT2D eigenvalue weighted by molar-refractivity contribution is -0.133. The van der Waals surface area contributed by atoms with Crippen LogP contribution in [0.25, 0.3) is 0 Å². The molecule has 2 rings (SSSR count). The van der Waals surface area contributed by atoms with E-state index in [0.29, 0.717) is 26.2 Å². The highest BCUT2D eigenvalue weighted by molar-refractivity contribution is 5.94. The van der Waals surface area contributed by atoms with Crippen LogP contribution < -0.4 is 0 Å². The van der Waals surface area contributed by atoms with Crippen molar-refractivity contribution in [2.45, 2.75) is 19.9 Å². The Kier molecular flexibility index (Phi) is 7.47. The van der Waals surface area contributed by atoms with Crippen LogP contribution in [-0.2, 0) is 23.1 Å². The number of aryl methyl sites for hydroxylation is 1. The van der Waals surface area contributed by atoms with Gasteiger partial charge in [0.15, 0.2) is 5.76 Å². The van der Waals surface area contributed by atoms with Crippen molar-refractivity contribution in [1.82, 2.24) is 14.4 Å². The van der Waals surface area contributed by atoms with Crippen LogP contribution in [0.5, 0.6) is 0 Å². The molecule has 0 aliphatic heterocycles. The lowest BCUT2D eigenvalue weighted by Gasteiger charge is -2.27. The molecule has 142 valence electrons. The summed E-state index contributed by atoms with van der Waals surface area (Å²) in [6.07, 6.45) is 4.16. The van der Waals surface area contributed by atoms with Crippen LogP contribution in [-0.4, -0.2) is 59.5 Å². The molecule has 0 bridgehead atoms. The monoisotopic (exact) mass is 361 g/mol. The van der Waals surface area contributed by atoms with Gasteiger partial charge in [-0.2, -0.15) is 0 Å². The van der Waals surface area contributed by atoms with Crippen LogP contribution in [0.2, 0.25) is 0 Å². The maximum absolute atomic E-state index is 12.9. The molecule has 0 aromatic carbocycles. The van der Waals surface area contributed by atoms with Gasteiger partial charge >= 0.3 is 0 Å². The summed E-state index contributed by atoms with van der Waals surface area (Å²) in [6.45, 7) is 3.86. The summed E-state index contributed by atoms with van der Waals surface area (Å²) in [7, 11) is 3.55. The highest BCUT2D eigenvalue weighted by atomic mass is 16.5. The maximum Gasteiger partial charge on any atom is 0.290 e. The van der Waals surface area contributed by atoms with Crippen molar-refractivity contribution >= 4 is 11.8 Å². The predicted molar refractivity (Wildman–Crippen MR) is 97.6 cm³/mol. The molecular formula is C19H27N3O4. The van der Waals surface area contributed by atoms with Crippen LogP contribution >= 0.6 is 0 Å². The highest BCUT2D eigenvalue weighted by Crippen LogP contribution is 2.10. The van der Waals surface area contributed by atoms with Gasteiger partial charge < -0.3 is 23.5 Å². The van der Waals surface area contributed by atoms with Crippen molar-refractivity contribution in [1.29, 1.82) is 0 Å². The number of hydrogen-bond donors (Lipinski definition) is 0. The van der Waals surface area contributed by atoms with E-state index in [1.807, 2.05) is 36.9 Å². The molecule has 0 N–H and O–H groups in total. The lowest BCUT2D eigenvalue weighted by Crippen LogP contribution is -2.44. The second-order valence-corrected chi connectivity index (χ2v) is 6.12. The summed E-state index contributed by atoms with van der Waals surface area (Å²) in [4.78, 5) is 28.7. The van der Waals surface area contributed by atoms with E-state index in [0.717, 1.165) is 12.1 Å². The third-order valence-corrected chi connectivity index (χ3v) is 4.16. The molecule has 0 atom stereocenters. The molecule has 2 heterocycles. The van der Waals surface area contributed by atoms with Gasteiger partial charge in [0.2, 0.25) is 5.91 Å². The van der Waals surface area contributed by atoms with Gasteiger partial charge in [-0.1, -0.05) is 6.92 Å². The highest BCUT2D eigenvalue weighted by Gasteiger charge is 2.23. The van der Waals surface area contributed by atoms with E-state index in [-0.39, 0.29) is 24.1 Å². The van der Waals surface area contributed by atoms with Crippen LogP contribution in [0.15, 0.2) is 41.1 Å². The molecule has 0 unspecified atom stereocenters. The average Bonchev–Trinajstić information content (AvgIpc) is 3.29. The molecule has 26 heavy (non-hydrogen) atoms. The largest absolute Gasteiger partial charge is 0.459 e. The van der Waals surface area contributed by atoms with E-state index >= 15 is 0 Å². The van der Waals surface area contributed by atoms with Crippen LogP contribution in [0, 0.1) is 0 Å². The van der Waals surface area contributed by atoms with E-state index in [9.17, 15) is 9.59 Å². The Bertz CT molecular complexity index is 693. The second kappa shape index (κ2) is 9.82. The summed E-state index contributed by atoms with van der Waals surface area (Å²) in [6, 6.07) is 7.20. The minimum Gasteiger partial charge on any atom is -0.459 e. The van der Waals surface area contributed by atoms with Crippen molar-refractivity contribution in [3.8, 4) is 0 Å². The molecule has 0 aliphatic carbocycles. The average molecular weight is 361 g/mol. The lowest BCUT2D eigenvalue weighted by atomic mass is 10.3. The summed E-state index contributed by atoms with van der Waals surface area (Å²) in [5.74, 6) is -0.135. The second-order valence-electron chi connectivity index (χ2n) is 6.12. The minimum absolute atomic E-state index is 0.0154. The number of rotatable bonds is 10. The molecule has 0 saturated heterocycles. The van der Waals surface area contributed by atoms with Crippen molar-refractivity contribution < 1.29 is 18.7 Å². The first kappa shape index (κ1) is 19.8. The Balaban J connectivity index is 2.09. The van der Waals surface area contributed by atoms with Gasteiger partial charge in [-0.25, -0.2) is 0 Å². The number of aromatic nitrogens is 1. The van der Waals surface area contributed by atoms with Crippen LogP contribution in [0.3, 0.4) is 0 Å². The Morgan fingerprint density at radius 3 is 2.58 bits per heavy atom. The fourth-order valence-electron chi connectivity index (χ4n) is 2.69. The van der Waals surface area contributed by atoms with E-state index in [2.05, 4.69) is 0 Å². The quantitative estimate of drug-likeness (QED) is 0.650. The Morgan fingerprint density at radius 1 is 1.19 bits per heavy atom. The van der Waals surface area contributed by atoms with Crippen molar-refractivity contribution in [3.05, 3.63) is 48.2 Å². The van der Waals surface area contributed by atoms with E-state index in [4.69, 9.17) is 9.15 Å². The van der Waals surface area contributed by atoms with Gasteiger partial charge in [-0.3, -0.25) is 9.59 Å². The van der Waals surface area contributed by atoms with E-state index in [1.165, 1.54) is 11.2 Å². The van der Waals surface area contributed by atoms with Crippen molar-refractivity contribution in [3.63, 3.8) is 0 Å². The molecule has 0 radical (unpaired) electrons. The van der Waals surface area contributed by atoms with Gasteiger partial charge in [-0.15, -0.1) is 0 Å². The zero-order valence-electron chi connectivity index (χ0n) is 15.7. The molecule has 7 nitrogen and oxygen atoms in total. The van der Waals surface area contributed by atoms with Gasteiger partial charge in [0.25, 0.3) is 5.91 Å². The first-order chi connectivity index (χ1) is 12.6. The molecule has 0 spiro atoms. The molecule has 0 aliphatic rings. The Hall–Kier alpha value is -2.54. The first-order valence-electron chi connectivity index (χ1n) is 8.76. The zero-order chi connectivity index (χ0) is 18.9. The molecular weight excluding hydrogens is 334 g/mol. The molecule has 2 aromatic heterocycles. The topological polar surface area (TPSA) is 67.9 Å². The van der Waals surface area contributed by atoms with Gasteiger partial charge in [0.1, 0.15) is 6.54 Å². The van der Waals surface area contributed by atoms with Gasteiger partial charge in [0.05, 0.1) is 19.4 Å². The standard InChI is InChI=1S/C19H27N3O4/c1-4-9-22(19(24)17-8-6-12-26-17)15-18(23)21(11-13-25-3)14-16-7-5-10-20(16)2/h5-8,10,12H,4,9,11,13-15H2,1-3H3. The molecule has 2 amide bonds. The summed E-state index contributed by atoms with van der Waals surface area (Å²) >= 11 is 0. The number of ether oxygens (including phenoxy) is 1. The van der Waals surface area contributed by atoms with Crippen molar-refractivity contribution in [2.24, 2.45) is 7.05 Å². The molecule has 0 fully saturated rings. The fraction of sp³-hybridized carbons (Fsp3) is 0.474.